The Morgan fingerprint density at radius 2 is 1.91 bits per heavy atom. The van der Waals surface area contributed by atoms with E-state index in [0.717, 1.165) is 38.2 Å². The summed E-state index contributed by atoms with van der Waals surface area (Å²) in [6, 6.07) is 11.5. The van der Waals surface area contributed by atoms with Crippen LogP contribution in [0.15, 0.2) is 47.4 Å². The molecule has 0 atom stereocenters. The molecule has 5 rings (SSSR count). The van der Waals surface area contributed by atoms with E-state index in [1.165, 1.54) is 12.8 Å². The predicted octanol–water partition coefficient (Wildman–Crippen LogP) is 3.52. The van der Waals surface area contributed by atoms with E-state index in [1.54, 1.807) is 30.3 Å². The van der Waals surface area contributed by atoms with Crippen LogP contribution in [0.3, 0.4) is 0 Å². The van der Waals surface area contributed by atoms with E-state index >= 15 is 0 Å². The van der Waals surface area contributed by atoms with Gasteiger partial charge in [-0.25, -0.2) is 9.99 Å². The largest absolute Gasteiger partial charge is 0.379 e. The quantitative estimate of drug-likeness (QED) is 0.486. The number of H-pyrrole nitrogens is 1. The van der Waals surface area contributed by atoms with Crippen molar-refractivity contribution in [2.24, 2.45) is 5.92 Å². The zero-order valence-electron chi connectivity index (χ0n) is 18.5. The van der Waals surface area contributed by atoms with Gasteiger partial charge in [-0.1, -0.05) is 0 Å². The first-order chi connectivity index (χ1) is 15.9. The first-order valence-electron chi connectivity index (χ1n) is 11.3. The number of hydrogen-bond donors (Lipinski definition) is 2. The highest BCUT2D eigenvalue weighted by Crippen LogP contribution is 2.30. The van der Waals surface area contributed by atoms with Crippen LogP contribution in [0.1, 0.15) is 32.6 Å². The number of anilines is 2. The second-order valence-corrected chi connectivity index (χ2v) is 9.98. The number of nitrogens with zero attached hydrogens (tertiary/aromatic N) is 3. The Morgan fingerprint density at radius 1 is 1.18 bits per heavy atom. The molecule has 2 aromatic carbocycles. The van der Waals surface area contributed by atoms with Crippen molar-refractivity contribution in [1.29, 1.82) is 0 Å². The number of benzene rings is 2. The Balaban J connectivity index is 1.31. The van der Waals surface area contributed by atoms with Crippen LogP contribution >= 0.6 is 0 Å². The highest BCUT2D eigenvalue weighted by atomic mass is 32.2. The Kier molecular flexibility index (Phi) is 5.71. The van der Waals surface area contributed by atoms with Crippen LogP contribution in [0.4, 0.5) is 11.6 Å². The zero-order valence-corrected chi connectivity index (χ0v) is 19.3. The van der Waals surface area contributed by atoms with Gasteiger partial charge in [0.05, 0.1) is 16.7 Å². The first-order valence-corrected chi connectivity index (χ1v) is 12.7. The summed E-state index contributed by atoms with van der Waals surface area (Å²) in [5.41, 5.74) is 2.14. The minimum atomic E-state index is -4.00. The minimum Gasteiger partial charge on any atom is -0.379 e. The van der Waals surface area contributed by atoms with Gasteiger partial charge in [-0.3, -0.25) is 10.1 Å². The number of rotatable bonds is 8. The number of aromatic nitrogens is 2. The molecule has 1 aliphatic carbocycles. The van der Waals surface area contributed by atoms with Crippen LogP contribution in [0, 0.1) is 5.92 Å². The number of hydrazine groups is 1. The maximum atomic E-state index is 12.8. The van der Waals surface area contributed by atoms with E-state index in [2.05, 4.69) is 32.2 Å². The van der Waals surface area contributed by atoms with Crippen molar-refractivity contribution >= 4 is 38.7 Å². The second kappa shape index (κ2) is 8.68. The lowest BCUT2D eigenvalue weighted by Crippen LogP contribution is -2.40. The van der Waals surface area contributed by atoms with Crippen LogP contribution in [0.25, 0.3) is 11.0 Å². The number of imidazole rings is 1. The van der Waals surface area contributed by atoms with Gasteiger partial charge < -0.3 is 14.2 Å². The van der Waals surface area contributed by atoms with Crippen LogP contribution in [-0.4, -0.2) is 48.9 Å². The Bertz CT molecular complexity index is 1260. The first kappa shape index (κ1) is 21.7. The van der Waals surface area contributed by atoms with Crippen molar-refractivity contribution < 1.29 is 17.4 Å². The van der Waals surface area contributed by atoms with Gasteiger partial charge in [0, 0.05) is 31.6 Å². The molecule has 33 heavy (non-hydrogen) atoms. The van der Waals surface area contributed by atoms with Gasteiger partial charge in [-0.2, -0.15) is 8.42 Å². The van der Waals surface area contributed by atoms with E-state index in [0.29, 0.717) is 17.0 Å². The highest BCUT2D eigenvalue weighted by molar-refractivity contribution is 7.87. The molecular formula is C23H27N5O4S. The summed E-state index contributed by atoms with van der Waals surface area (Å²) < 4.78 is 31.1. The van der Waals surface area contributed by atoms with E-state index in [4.69, 9.17) is 4.18 Å². The number of nitrogens with one attached hydrogen (secondary N) is 2. The van der Waals surface area contributed by atoms with Crippen molar-refractivity contribution in [3.05, 3.63) is 42.5 Å². The molecule has 0 spiro atoms. The number of aromatic amines is 1. The van der Waals surface area contributed by atoms with Crippen molar-refractivity contribution in [1.82, 2.24) is 15.0 Å². The molecule has 1 aromatic heterocycles. The Hall–Kier alpha value is -3.11. The van der Waals surface area contributed by atoms with Crippen molar-refractivity contribution in [2.75, 3.05) is 30.0 Å². The van der Waals surface area contributed by atoms with Gasteiger partial charge in [0.15, 0.2) is 0 Å². The summed E-state index contributed by atoms with van der Waals surface area (Å²) in [5.74, 6) is 0.523. The standard InChI is InChI=1S/C23H27N5O4S/c1-2-28(27-13-3-4-14-27)17-7-10-19(11-8-17)33(30,31)32-18-9-12-20-21(15-18)25-23(24-20)26-22(29)16-5-6-16/h7-12,15-16H,2-6,13-14H2,1H3,(H2,24,25,26,29). The molecule has 0 unspecified atom stereocenters. The van der Waals surface area contributed by atoms with E-state index in [1.807, 2.05) is 12.1 Å². The number of carbonyl (C=O) groups is 1. The van der Waals surface area contributed by atoms with Crippen LogP contribution < -0.4 is 14.5 Å². The van der Waals surface area contributed by atoms with Gasteiger partial charge in [0.1, 0.15) is 10.6 Å². The van der Waals surface area contributed by atoms with Crippen molar-refractivity contribution in [3.8, 4) is 5.75 Å². The SMILES string of the molecule is CCN(c1ccc(S(=O)(=O)Oc2ccc3nc(NC(=O)C4CC4)[nH]c3c2)cc1)N1CCCC1. The Labute approximate surface area is 192 Å². The van der Waals surface area contributed by atoms with Crippen molar-refractivity contribution in [2.45, 2.75) is 37.5 Å². The molecule has 2 fully saturated rings. The van der Waals surface area contributed by atoms with Gasteiger partial charge in [-0.05, 0) is 69.0 Å². The minimum absolute atomic E-state index is 0.0528. The summed E-state index contributed by atoms with van der Waals surface area (Å²) >= 11 is 0. The smallest absolute Gasteiger partial charge is 0.339 e. The predicted molar refractivity (Wildman–Crippen MR) is 126 cm³/mol. The summed E-state index contributed by atoms with van der Waals surface area (Å²) in [6.07, 6.45) is 4.15. The highest BCUT2D eigenvalue weighted by Gasteiger charge is 2.30. The summed E-state index contributed by atoms with van der Waals surface area (Å²) in [6.45, 7) is 4.93. The van der Waals surface area contributed by atoms with Gasteiger partial charge >= 0.3 is 10.1 Å². The average molecular weight is 470 g/mol. The van der Waals surface area contributed by atoms with Gasteiger partial charge in [-0.15, -0.1) is 0 Å². The maximum absolute atomic E-state index is 12.8. The fraction of sp³-hybridized carbons (Fsp3) is 0.391. The normalized spacial score (nSPS) is 16.8. The fourth-order valence-electron chi connectivity index (χ4n) is 4.11. The number of carbonyl (C=O) groups excluding carboxylic acids is 1. The average Bonchev–Trinajstić information content (AvgIpc) is 3.37. The van der Waals surface area contributed by atoms with E-state index < -0.39 is 10.1 Å². The van der Waals surface area contributed by atoms with Gasteiger partial charge in [0.25, 0.3) is 0 Å². The zero-order chi connectivity index (χ0) is 23.0. The van der Waals surface area contributed by atoms with Gasteiger partial charge in [0.2, 0.25) is 11.9 Å². The molecule has 174 valence electrons. The molecule has 9 nitrogen and oxygen atoms in total. The topological polar surface area (TPSA) is 108 Å². The number of fused-ring (bicyclic) bond motifs is 1. The molecule has 2 aliphatic rings. The lowest BCUT2D eigenvalue weighted by atomic mass is 10.3. The third kappa shape index (κ3) is 4.67. The molecule has 2 N–H and O–H groups in total. The fourth-order valence-corrected chi connectivity index (χ4v) is 5.03. The molecule has 1 aliphatic heterocycles. The lowest BCUT2D eigenvalue weighted by molar-refractivity contribution is -0.117. The molecule has 0 bridgehead atoms. The molecule has 0 radical (unpaired) electrons. The number of amides is 1. The molecule has 3 aromatic rings. The second-order valence-electron chi connectivity index (χ2n) is 8.44. The molecule has 1 saturated heterocycles. The lowest BCUT2D eigenvalue weighted by Gasteiger charge is -2.32. The molecule has 10 heteroatoms. The van der Waals surface area contributed by atoms with Crippen LogP contribution in [-0.2, 0) is 14.9 Å². The van der Waals surface area contributed by atoms with E-state index in [-0.39, 0.29) is 22.5 Å². The third-order valence-electron chi connectivity index (χ3n) is 6.00. The van der Waals surface area contributed by atoms with E-state index in [9.17, 15) is 13.2 Å². The summed E-state index contributed by atoms with van der Waals surface area (Å²) in [5, 5.41) is 7.22. The summed E-state index contributed by atoms with van der Waals surface area (Å²) in [4.78, 5) is 19.4. The Morgan fingerprint density at radius 3 is 2.58 bits per heavy atom. The van der Waals surface area contributed by atoms with Crippen molar-refractivity contribution in [3.63, 3.8) is 0 Å². The summed E-state index contributed by atoms with van der Waals surface area (Å²) in [7, 11) is -4.00. The maximum Gasteiger partial charge on any atom is 0.339 e. The monoisotopic (exact) mass is 469 g/mol. The van der Waals surface area contributed by atoms with Crippen LogP contribution in [0.5, 0.6) is 5.75 Å². The van der Waals surface area contributed by atoms with Crippen LogP contribution in [0.2, 0.25) is 0 Å². The number of hydrogen-bond acceptors (Lipinski definition) is 7. The molecule has 1 saturated carbocycles. The molecular weight excluding hydrogens is 442 g/mol. The molecule has 2 heterocycles. The third-order valence-corrected chi connectivity index (χ3v) is 7.26. The molecule has 1 amide bonds.